The van der Waals surface area contributed by atoms with Crippen molar-refractivity contribution in [1.82, 2.24) is 4.98 Å². The fourth-order valence-corrected chi connectivity index (χ4v) is 3.23. The van der Waals surface area contributed by atoms with E-state index in [1.165, 1.54) is 22.3 Å². The summed E-state index contributed by atoms with van der Waals surface area (Å²) in [7, 11) is 0. The molecule has 1 atom stereocenters. The molecule has 2 rings (SSSR count). The number of benzene rings is 1. The Kier molecular flexibility index (Phi) is 3.31. The van der Waals surface area contributed by atoms with Gasteiger partial charge >= 0.3 is 0 Å². The van der Waals surface area contributed by atoms with Crippen LogP contribution in [0.5, 0.6) is 0 Å². The molecule has 0 saturated heterocycles. The molecule has 2 nitrogen and oxygen atoms in total. The van der Waals surface area contributed by atoms with Gasteiger partial charge in [-0.25, -0.2) is 4.98 Å². The average molecular weight is 246 g/mol. The lowest BCUT2D eigenvalue weighted by atomic mass is 10.0. The van der Waals surface area contributed by atoms with Crippen molar-refractivity contribution in [2.75, 3.05) is 0 Å². The van der Waals surface area contributed by atoms with E-state index in [9.17, 15) is 0 Å². The summed E-state index contributed by atoms with van der Waals surface area (Å²) in [6, 6.07) is 4.41. The Morgan fingerprint density at radius 1 is 1.18 bits per heavy atom. The zero-order valence-corrected chi connectivity index (χ0v) is 11.6. The maximum atomic E-state index is 5.85. The van der Waals surface area contributed by atoms with Crippen molar-refractivity contribution in [3.8, 4) is 10.6 Å². The minimum absolute atomic E-state index is 0.00561. The first-order valence-electron chi connectivity index (χ1n) is 5.78. The first-order valence-corrected chi connectivity index (χ1v) is 6.66. The van der Waals surface area contributed by atoms with E-state index in [-0.39, 0.29) is 6.04 Å². The largest absolute Gasteiger partial charge is 0.323 e. The fourth-order valence-electron chi connectivity index (χ4n) is 2.13. The van der Waals surface area contributed by atoms with Gasteiger partial charge in [0, 0.05) is 17.0 Å². The predicted molar refractivity (Wildman–Crippen MR) is 74.4 cm³/mol. The minimum atomic E-state index is 0.00561. The Morgan fingerprint density at radius 3 is 2.24 bits per heavy atom. The highest BCUT2D eigenvalue weighted by molar-refractivity contribution is 7.13. The normalized spacial score (nSPS) is 12.8. The van der Waals surface area contributed by atoms with E-state index in [0.717, 1.165) is 10.7 Å². The molecule has 0 aliphatic carbocycles. The van der Waals surface area contributed by atoms with Gasteiger partial charge in [0.1, 0.15) is 5.01 Å². The van der Waals surface area contributed by atoms with Crippen LogP contribution >= 0.6 is 11.3 Å². The number of aromatic nitrogens is 1. The van der Waals surface area contributed by atoms with Crippen molar-refractivity contribution < 1.29 is 0 Å². The molecule has 0 aliphatic heterocycles. The molecule has 3 heteroatoms. The van der Waals surface area contributed by atoms with E-state index in [2.05, 4.69) is 43.3 Å². The van der Waals surface area contributed by atoms with Gasteiger partial charge in [0.05, 0.1) is 5.69 Å². The van der Waals surface area contributed by atoms with Crippen LogP contribution in [0.25, 0.3) is 10.6 Å². The lowest BCUT2D eigenvalue weighted by Crippen LogP contribution is -2.05. The number of nitrogens with two attached hydrogens (primary N) is 1. The van der Waals surface area contributed by atoms with Crippen molar-refractivity contribution in [3.63, 3.8) is 0 Å². The highest BCUT2D eigenvalue weighted by Crippen LogP contribution is 2.31. The van der Waals surface area contributed by atoms with Crippen LogP contribution in [-0.4, -0.2) is 4.98 Å². The number of hydrogen-bond acceptors (Lipinski definition) is 3. The molecular weight excluding hydrogens is 228 g/mol. The minimum Gasteiger partial charge on any atom is -0.323 e. The average Bonchev–Trinajstić information content (AvgIpc) is 2.65. The van der Waals surface area contributed by atoms with E-state index in [4.69, 9.17) is 5.73 Å². The van der Waals surface area contributed by atoms with E-state index in [1.54, 1.807) is 11.3 Å². The zero-order chi connectivity index (χ0) is 12.6. The van der Waals surface area contributed by atoms with Crippen LogP contribution in [0, 0.1) is 20.8 Å². The smallest absolute Gasteiger partial charge is 0.124 e. The second-order valence-electron chi connectivity index (χ2n) is 4.64. The monoisotopic (exact) mass is 246 g/mol. The second-order valence-corrected chi connectivity index (χ2v) is 5.50. The molecular formula is C14H18N2S. The summed E-state index contributed by atoms with van der Waals surface area (Å²) in [6.07, 6.45) is 0. The number of thiazole rings is 1. The summed E-state index contributed by atoms with van der Waals surface area (Å²) in [5, 5.41) is 3.13. The molecule has 0 spiro atoms. The van der Waals surface area contributed by atoms with Gasteiger partial charge in [-0.05, 0) is 38.8 Å². The maximum Gasteiger partial charge on any atom is 0.124 e. The molecule has 2 aromatic rings. The van der Waals surface area contributed by atoms with E-state index >= 15 is 0 Å². The quantitative estimate of drug-likeness (QED) is 0.876. The van der Waals surface area contributed by atoms with Crippen LogP contribution in [0.3, 0.4) is 0 Å². The molecule has 0 fully saturated rings. The van der Waals surface area contributed by atoms with Crippen LogP contribution in [-0.2, 0) is 0 Å². The molecule has 0 aliphatic rings. The lowest BCUT2D eigenvalue weighted by Gasteiger charge is -2.08. The Balaban J connectivity index is 2.52. The number of hydrogen-bond donors (Lipinski definition) is 1. The van der Waals surface area contributed by atoms with Crippen LogP contribution in [0.1, 0.15) is 35.3 Å². The molecule has 0 radical (unpaired) electrons. The van der Waals surface area contributed by atoms with Gasteiger partial charge in [0.2, 0.25) is 0 Å². The Morgan fingerprint density at radius 2 is 1.76 bits per heavy atom. The molecule has 1 unspecified atom stereocenters. The summed E-state index contributed by atoms with van der Waals surface area (Å²) in [6.45, 7) is 8.37. The van der Waals surface area contributed by atoms with Crippen molar-refractivity contribution in [2.24, 2.45) is 5.73 Å². The molecule has 1 aromatic carbocycles. The number of rotatable bonds is 2. The molecule has 17 heavy (non-hydrogen) atoms. The lowest BCUT2D eigenvalue weighted by molar-refractivity contribution is 0.790. The first-order chi connectivity index (χ1) is 7.99. The van der Waals surface area contributed by atoms with Crippen molar-refractivity contribution >= 4 is 11.3 Å². The molecule has 0 bridgehead atoms. The SMILES string of the molecule is Cc1cc(C)c(-c2nc(C(C)N)cs2)c(C)c1. The van der Waals surface area contributed by atoms with E-state index < -0.39 is 0 Å². The molecule has 0 amide bonds. The van der Waals surface area contributed by atoms with Gasteiger partial charge in [-0.1, -0.05) is 17.7 Å². The molecule has 90 valence electrons. The second kappa shape index (κ2) is 4.59. The highest BCUT2D eigenvalue weighted by atomic mass is 32.1. The third kappa shape index (κ3) is 2.40. The first kappa shape index (κ1) is 12.3. The molecule has 0 saturated carbocycles. The Labute approximate surface area is 107 Å². The molecule has 1 heterocycles. The van der Waals surface area contributed by atoms with Gasteiger partial charge in [0.25, 0.3) is 0 Å². The Hall–Kier alpha value is -1.19. The third-order valence-corrected chi connectivity index (χ3v) is 3.76. The van der Waals surface area contributed by atoms with Gasteiger partial charge in [-0.3, -0.25) is 0 Å². The summed E-state index contributed by atoms with van der Waals surface area (Å²) in [5.74, 6) is 0. The summed E-state index contributed by atoms with van der Waals surface area (Å²) in [4.78, 5) is 4.62. The zero-order valence-electron chi connectivity index (χ0n) is 10.7. The van der Waals surface area contributed by atoms with Gasteiger partial charge in [-0.15, -0.1) is 11.3 Å². The van der Waals surface area contributed by atoms with E-state index in [1.807, 2.05) is 6.92 Å². The van der Waals surface area contributed by atoms with Gasteiger partial charge < -0.3 is 5.73 Å². The summed E-state index contributed by atoms with van der Waals surface area (Å²) < 4.78 is 0. The number of aryl methyl sites for hydroxylation is 3. The third-order valence-electron chi connectivity index (χ3n) is 2.88. The van der Waals surface area contributed by atoms with Gasteiger partial charge in [-0.2, -0.15) is 0 Å². The van der Waals surface area contributed by atoms with Crippen LogP contribution in [0.2, 0.25) is 0 Å². The highest BCUT2D eigenvalue weighted by Gasteiger charge is 2.12. The molecule has 1 aromatic heterocycles. The van der Waals surface area contributed by atoms with Crippen LogP contribution < -0.4 is 5.73 Å². The summed E-state index contributed by atoms with van der Waals surface area (Å²) >= 11 is 1.67. The van der Waals surface area contributed by atoms with Crippen LogP contribution in [0.15, 0.2) is 17.5 Å². The standard InChI is InChI=1S/C14H18N2S/c1-8-5-9(2)13(10(3)6-8)14-16-12(7-17-14)11(4)15/h5-7,11H,15H2,1-4H3. The topological polar surface area (TPSA) is 38.9 Å². The summed E-state index contributed by atoms with van der Waals surface area (Å²) in [5.41, 5.74) is 12.0. The Bertz CT molecular complexity index is 518. The maximum absolute atomic E-state index is 5.85. The number of nitrogens with zero attached hydrogens (tertiary/aromatic N) is 1. The van der Waals surface area contributed by atoms with Crippen molar-refractivity contribution in [1.29, 1.82) is 0 Å². The van der Waals surface area contributed by atoms with Gasteiger partial charge in [0.15, 0.2) is 0 Å². The molecule has 2 N–H and O–H groups in total. The predicted octanol–water partition coefficient (Wildman–Crippen LogP) is 3.76. The van der Waals surface area contributed by atoms with Crippen molar-refractivity contribution in [2.45, 2.75) is 33.7 Å². The van der Waals surface area contributed by atoms with E-state index in [0.29, 0.717) is 0 Å². The van der Waals surface area contributed by atoms with Crippen LogP contribution in [0.4, 0.5) is 0 Å². The fraction of sp³-hybridized carbons (Fsp3) is 0.357. The van der Waals surface area contributed by atoms with Crippen molar-refractivity contribution in [3.05, 3.63) is 39.9 Å².